The molecule has 0 radical (unpaired) electrons. The van der Waals surface area contributed by atoms with E-state index in [2.05, 4.69) is 0 Å². The highest BCUT2D eigenvalue weighted by molar-refractivity contribution is 8.13. The van der Waals surface area contributed by atoms with Gasteiger partial charge in [-0.3, -0.25) is 0 Å². The molecule has 0 amide bonds. The van der Waals surface area contributed by atoms with Crippen LogP contribution in [0.25, 0.3) is 10.8 Å². The van der Waals surface area contributed by atoms with Crippen LogP contribution in [0.2, 0.25) is 0 Å². The summed E-state index contributed by atoms with van der Waals surface area (Å²) in [7, 11) is 1.63. The van der Waals surface area contributed by atoms with E-state index in [9.17, 15) is 8.42 Å². The van der Waals surface area contributed by atoms with Crippen molar-refractivity contribution < 1.29 is 13.2 Å². The average molecular weight is 285 g/mol. The largest absolute Gasteiger partial charge is 0.494 e. The van der Waals surface area contributed by atoms with Gasteiger partial charge in [0.25, 0.3) is 9.05 Å². The molecule has 0 atom stereocenters. The molecule has 18 heavy (non-hydrogen) atoms. The molecule has 0 aliphatic carbocycles. The first-order valence-electron chi connectivity index (χ1n) is 5.62. The van der Waals surface area contributed by atoms with E-state index in [0.29, 0.717) is 6.61 Å². The highest BCUT2D eigenvalue weighted by Crippen LogP contribution is 2.25. The van der Waals surface area contributed by atoms with Crippen molar-refractivity contribution in [2.24, 2.45) is 0 Å². The molecular weight excluding hydrogens is 272 g/mol. The van der Waals surface area contributed by atoms with Crippen LogP contribution < -0.4 is 4.74 Å². The molecule has 0 aromatic heterocycles. The monoisotopic (exact) mass is 284 g/mol. The van der Waals surface area contributed by atoms with Gasteiger partial charge in [0.1, 0.15) is 5.75 Å². The summed E-state index contributed by atoms with van der Waals surface area (Å²) in [6, 6.07) is 10.3. The number of hydrogen-bond acceptors (Lipinski definition) is 3. The molecule has 0 bridgehead atoms. The highest BCUT2D eigenvalue weighted by Gasteiger charge is 2.10. The van der Waals surface area contributed by atoms with Gasteiger partial charge in [-0.05, 0) is 41.5 Å². The fourth-order valence-electron chi connectivity index (χ4n) is 1.66. The molecule has 0 N–H and O–H groups in total. The number of halogens is 1. The van der Waals surface area contributed by atoms with Crippen molar-refractivity contribution in [2.75, 3.05) is 6.61 Å². The summed E-state index contributed by atoms with van der Waals surface area (Å²) in [5, 5.41) is 1.74. The topological polar surface area (TPSA) is 43.4 Å². The molecule has 5 heteroatoms. The first-order valence-corrected chi connectivity index (χ1v) is 7.93. The van der Waals surface area contributed by atoms with Crippen LogP contribution in [0.3, 0.4) is 0 Å². The molecule has 0 saturated carbocycles. The summed E-state index contributed by atoms with van der Waals surface area (Å²) in [6.07, 6.45) is 0.946. The molecule has 0 saturated heterocycles. The zero-order chi connectivity index (χ0) is 13.2. The van der Waals surface area contributed by atoms with Gasteiger partial charge in [0, 0.05) is 10.7 Å². The minimum atomic E-state index is -3.68. The number of ether oxygens (including phenoxy) is 1. The minimum Gasteiger partial charge on any atom is -0.494 e. The first kappa shape index (κ1) is 13.2. The normalized spacial score (nSPS) is 11.7. The lowest BCUT2D eigenvalue weighted by molar-refractivity contribution is 0.318. The van der Waals surface area contributed by atoms with Gasteiger partial charge in [-0.2, -0.15) is 0 Å². The second-order valence-corrected chi connectivity index (χ2v) is 6.52. The van der Waals surface area contributed by atoms with Gasteiger partial charge >= 0.3 is 0 Å². The van der Waals surface area contributed by atoms with E-state index in [0.717, 1.165) is 22.9 Å². The van der Waals surface area contributed by atoms with Crippen molar-refractivity contribution in [1.29, 1.82) is 0 Å². The van der Waals surface area contributed by atoms with E-state index in [4.69, 9.17) is 15.4 Å². The van der Waals surface area contributed by atoms with Crippen LogP contribution in [0, 0.1) is 0 Å². The fraction of sp³-hybridized carbons (Fsp3) is 0.231. The van der Waals surface area contributed by atoms with Gasteiger partial charge in [-0.1, -0.05) is 19.1 Å². The van der Waals surface area contributed by atoms with Crippen LogP contribution in [-0.2, 0) is 9.05 Å². The van der Waals surface area contributed by atoms with Gasteiger partial charge in [0.2, 0.25) is 0 Å². The molecule has 0 heterocycles. The van der Waals surface area contributed by atoms with Crippen molar-refractivity contribution in [1.82, 2.24) is 0 Å². The Morgan fingerprint density at radius 1 is 1.11 bits per heavy atom. The molecule has 2 rings (SSSR count). The third-order valence-corrected chi connectivity index (χ3v) is 3.89. The van der Waals surface area contributed by atoms with Crippen LogP contribution in [0.15, 0.2) is 41.3 Å². The summed E-state index contributed by atoms with van der Waals surface area (Å²) >= 11 is 0. The highest BCUT2D eigenvalue weighted by atomic mass is 35.7. The molecule has 0 aliphatic heterocycles. The fourth-order valence-corrected chi connectivity index (χ4v) is 2.45. The van der Waals surface area contributed by atoms with Crippen molar-refractivity contribution >= 4 is 30.5 Å². The summed E-state index contributed by atoms with van der Waals surface area (Å²) < 4.78 is 28.0. The maximum absolute atomic E-state index is 11.2. The Hall–Kier alpha value is -1.26. The van der Waals surface area contributed by atoms with E-state index in [-0.39, 0.29) is 4.90 Å². The smallest absolute Gasteiger partial charge is 0.261 e. The quantitative estimate of drug-likeness (QED) is 0.806. The van der Waals surface area contributed by atoms with Crippen LogP contribution in [0.5, 0.6) is 5.75 Å². The first-order chi connectivity index (χ1) is 8.50. The second-order valence-electron chi connectivity index (χ2n) is 3.96. The molecule has 2 aromatic rings. The molecule has 2 aromatic carbocycles. The number of benzene rings is 2. The van der Waals surface area contributed by atoms with Gasteiger partial charge in [-0.25, -0.2) is 8.42 Å². The molecule has 0 spiro atoms. The Kier molecular flexibility index (Phi) is 3.78. The van der Waals surface area contributed by atoms with Crippen LogP contribution in [0.4, 0.5) is 0 Å². The Labute approximate surface area is 111 Å². The maximum Gasteiger partial charge on any atom is 0.261 e. The molecule has 96 valence electrons. The second kappa shape index (κ2) is 5.16. The zero-order valence-corrected chi connectivity index (χ0v) is 11.5. The lowest BCUT2D eigenvalue weighted by Crippen LogP contribution is -1.95. The van der Waals surface area contributed by atoms with Gasteiger partial charge in [0.15, 0.2) is 0 Å². The van der Waals surface area contributed by atoms with Crippen molar-refractivity contribution in [2.45, 2.75) is 18.2 Å². The lowest BCUT2D eigenvalue weighted by Gasteiger charge is -2.06. The average Bonchev–Trinajstić information content (AvgIpc) is 2.34. The van der Waals surface area contributed by atoms with Crippen LogP contribution >= 0.6 is 10.7 Å². The third-order valence-electron chi connectivity index (χ3n) is 2.54. The van der Waals surface area contributed by atoms with E-state index >= 15 is 0 Å². The van der Waals surface area contributed by atoms with Gasteiger partial charge in [-0.15, -0.1) is 0 Å². The third kappa shape index (κ3) is 2.94. The standard InChI is InChI=1S/C13H13ClO3S/c1-2-7-17-12-5-3-11-9-13(18(14,15)16)6-4-10(11)8-12/h3-6,8-9H,2,7H2,1H3. The predicted molar refractivity (Wildman–Crippen MR) is 72.8 cm³/mol. The van der Waals surface area contributed by atoms with Crippen molar-refractivity contribution in [3.8, 4) is 5.75 Å². The van der Waals surface area contributed by atoms with Crippen molar-refractivity contribution in [3.05, 3.63) is 36.4 Å². The molecule has 0 fully saturated rings. The number of hydrogen-bond donors (Lipinski definition) is 0. The van der Waals surface area contributed by atoms with Gasteiger partial charge < -0.3 is 4.74 Å². The number of fused-ring (bicyclic) bond motifs is 1. The Morgan fingerprint density at radius 3 is 2.44 bits per heavy atom. The zero-order valence-electron chi connectivity index (χ0n) is 9.89. The van der Waals surface area contributed by atoms with E-state index < -0.39 is 9.05 Å². The van der Waals surface area contributed by atoms with E-state index in [1.165, 1.54) is 6.07 Å². The predicted octanol–water partition coefficient (Wildman–Crippen LogP) is 3.56. The summed E-state index contributed by atoms with van der Waals surface area (Å²) in [5.41, 5.74) is 0. The maximum atomic E-state index is 11.2. The number of rotatable bonds is 4. The summed E-state index contributed by atoms with van der Waals surface area (Å²) in [5.74, 6) is 0.783. The van der Waals surface area contributed by atoms with Crippen molar-refractivity contribution in [3.63, 3.8) is 0 Å². The summed E-state index contributed by atoms with van der Waals surface area (Å²) in [4.78, 5) is 0.110. The SMILES string of the molecule is CCCOc1ccc2cc(S(=O)(=O)Cl)ccc2c1. The molecule has 0 aliphatic rings. The van der Waals surface area contributed by atoms with Gasteiger partial charge in [0.05, 0.1) is 11.5 Å². The van der Waals surface area contributed by atoms with Crippen LogP contribution in [-0.4, -0.2) is 15.0 Å². The molecule has 3 nitrogen and oxygen atoms in total. The molecule has 0 unspecified atom stereocenters. The Balaban J connectivity index is 2.42. The Bertz CT molecular complexity index is 665. The van der Waals surface area contributed by atoms with E-state index in [1.54, 1.807) is 12.1 Å². The lowest BCUT2D eigenvalue weighted by atomic mass is 10.1. The van der Waals surface area contributed by atoms with Crippen LogP contribution in [0.1, 0.15) is 13.3 Å². The van der Waals surface area contributed by atoms with E-state index in [1.807, 2.05) is 25.1 Å². The molecular formula is C13H13ClO3S. The minimum absolute atomic E-state index is 0.110. The summed E-state index contributed by atoms with van der Waals surface area (Å²) in [6.45, 7) is 2.71. The Morgan fingerprint density at radius 2 is 1.78 bits per heavy atom.